The molecule has 0 aromatic carbocycles. The van der Waals surface area contributed by atoms with E-state index < -0.39 is 0 Å². The molecule has 0 aromatic heterocycles. The third kappa shape index (κ3) is 1.47. The van der Waals surface area contributed by atoms with Crippen LogP contribution in [0, 0.1) is 28.1 Å². The maximum atomic E-state index is 13.0. The van der Waals surface area contributed by atoms with Crippen LogP contribution in [0.25, 0.3) is 0 Å². The molecule has 0 radical (unpaired) electrons. The second-order valence-corrected chi connectivity index (χ2v) is 9.00. The zero-order chi connectivity index (χ0) is 15.9. The summed E-state index contributed by atoms with van der Waals surface area (Å²) >= 11 is 0. The number of carbonyl (C=O) groups is 2. The molecule has 0 aliphatic heterocycles. The van der Waals surface area contributed by atoms with Crippen molar-refractivity contribution < 1.29 is 9.59 Å². The topological polar surface area (TPSA) is 34.1 Å². The van der Waals surface area contributed by atoms with Crippen LogP contribution in [-0.2, 0) is 9.59 Å². The Morgan fingerprint density at radius 2 is 1.86 bits per heavy atom. The molecule has 3 fully saturated rings. The van der Waals surface area contributed by atoms with Gasteiger partial charge in [0.1, 0.15) is 0 Å². The molecule has 0 aromatic rings. The third-order valence-electron chi connectivity index (χ3n) is 7.55. The third-order valence-corrected chi connectivity index (χ3v) is 7.55. The van der Waals surface area contributed by atoms with Gasteiger partial charge >= 0.3 is 0 Å². The van der Waals surface area contributed by atoms with E-state index in [-0.39, 0.29) is 28.3 Å². The van der Waals surface area contributed by atoms with Crippen molar-refractivity contribution in [1.82, 2.24) is 0 Å². The predicted molar refractivity (Wildman–Crippen MR) is 86.2 cm³/mol. The minimum atomic E-state index is -0.381. The summed E-state index contributed by atoms with van der Waals surface area (Å²) < 4.78 is 0. The van der Waals surface area contributed by atoms with Crippen LogP contribution in [0.2, 0.25) is 0 Å². The summed E-state index contributed by atoms with van der Waals surface area (Å²) in [6.07, 6.45) is 8.18. The van der Waals surface area contributed by atoms with E-state index in [1.165, 1.54) is 18.4 Å². The van der Waals surface area contributed by atoms with Gasteiger partial charge in [-0.25, -0.2) is 0 Å². The van der Waals surface area contributed by atoms with Gasteiger partial charge in [0.25, 0.3) is 0 Å². The molecule has 4 aliphatic carbocycles. The number of carbonyl (C=O) groups excluding carboxylic acids is 2. The van der Waals surface area contributed by atoms with Gasteiger partial charge in [-0.3, -0.25) is 9.59 Å². The summed E-state index contributed by atoms with van der Waals surface area (Å²) in [4.78, 5) is 25.5. The van der Waals surface area contributed by atoms with E-state index in [0.717, 1.165) is 19.3 Å². The van der Waals surface area contributed by atoms with E-state index in [9.17, 15) is 9.59 Å². The van der Waals surface area contributed by atoms with Crippen molar-refractivity contribution in [3.8, 4) is 0 Å². The highest BCUT2D eigenvalue weighted by Gasteiger charge is 2.64. The fraction of sp³-hybridized carbons (Fsp3) is 0.700. The number of hydrogen-bond donors (Lipinski definition) is 0. The lowest BCUT2D eigenvalue weighted by atomic mass is 9.44. The largest absolute Gasteiger partial charge is 0.294 e. The van der Waals surface area contributed by atoms with Crippen LogP contribution < -0.4 is 0 Å². The summed E-state index contributed by atoms with van der Waals surface area (Å²) in [5.41, 5.74) is 1.69. The molecule has 3 saturated carbocycles. The lowest BCUT2D eigenvalue weighted by molar-refractivity contribution is -0.126. The summed E-state index contributed by atoms with van der Waals surface area (Å²) in [7, 11) is 0. The highest BCUT2D eigenvalue weighted by atomic mass is 16.1. The average molecular weight is 298 g/mol. The molecule has 22 heavy (non-hydrogen) atoms. The van der Waals surface area contributed by atoms with E-state index in [1.807, 2.05) is 6.08 Å². The van der Waals surface area contributed by atoms with E-state index >= 15 is 0 Å². The van der Waals surface area contributed by atoms with Gasteiger partial charge in [-0.2, -0.15) is 0 Å². The van der Waals surface area contributed by atoms with Crippen LogP contribution in [0.3, 0.4) is 0 Å². The number of Topliss-reactive ketones (excluding diaryl/α,β-unsaturated/α-hetero) is 1. The minimum absolute atomic E-state index is 0.0148. The van der Waals surface area contributed by atoms with Crippen LogP contribution in [0.4, 0.5) is 0 Å². The molecule has 4 rings (SSSR count). The monoisotopic (exact) mass is 298 g/mol. The van der Waals surface area contributed by atoms with Crippen molar-refractivity contribution in [2.45, 2.75) is 59.3 Å². The second kappa shape index (κ2) is 4.01. The average Bonchev–Trinajstić information content (AvgIpc) is 2.64. The summed E-state index contributed by atoms with van der Waals surface area (Å²) in [5.74, 6) is 0.661. The van der Waals surface area contributed by atoms with Gasteiger partial charge in [0.2, 0.25) is 0 Å². The molecule has 4 aliphatic rings. The molecular formula is C20H26O2. The van der Waals surface area contributed by atoms with E-state index in [1.54, 1.807) is 0 Å². The van der Waals surface area contributed by atoms with Crippen molar-refractivity contribution in [1.29, 1.82) is 0 Å². The van der Waals surface area contributed by atoms with Crippen LogP contribution in [0.15, 0.2) is 23.8 Å². The molecule has 0 N–H and O–H groups in total. The molecule has 0 amide bonds. The van der Waals surface area contributed by atoms with Gasteiger partial charge in [0.05, 0.1) is 11.3 Å². The van der Waals surface area contributed by atoms with Gasteiger partial charge in [-0.1, -0.05) is 33.8 Å². The van der Waals surface area contributed by atoms with Crippen molar-refractivity contribution >= 4 is 11.6 Å². The summed E-state index contributed by atoms with van der Waals surface area (Å²) in [6.45, 7) is 11.0. The van der Waals surface area contributed by atoms with Crippen LogP contribution in [-0.4, -0.2) is 11.6 Å². The molecule has 1 spiro atoms. The fourth-order valence-corrected chi connectivity index (χ4v) is 6.52. The second-order valence-electron chi connectivity index (χ2n) is 9.00. The number of ketones is 2. The zero-order valence-corrected chi connectivity index (χ0v) is 14.0. The Labute approximate surface area is 133 Å². The first-order chi connectivity index (χ1) is 10.2. The van der Waals surface area contributed by atoms with E-state index in [2.05, 4.69) is 27.4 Å². The Morgan fingerprint density at radius 1 is 1.14 bits per heavy atom. The standard InChI is InChI=1S/C20H26O2/c1-12-13-11-20(17(12)22)9-6-15-18(2,3)7-5-8-19(15,4)16(20)10-14(13)21/h10,13,15H,1,5-9,11H2,2-4H3. The van der Waals surface area contributed by atoms with Gasteiger partial charge in [0, 0.05) is 0 Å². The molecule has 0 heterocycles. The highest BCUT2D eigenvalue weighted by Crippen LogP contribution is 2.68. The summed E-state index contributed by atoms with van der Waals surface area (Å²) in [6, 6.07) is 0. The first-order valence-electron chi connectivity index (χ1n) is 8.72. The Kier molecular flexibility index (Phi) is 2.63. The van der Waals surface area contributed by atoms with Gasteiger partial charge in [-0.15, -0.1) is 0 Å². The molecule has 4 unspecified atom stereocenters. The first kappa shape index (κ1) is 14.4. The molecule has 2 nitrogen and oxygen atoms in total. The Bertz CT molecular complexity index is 638. The van der Waals surface area contributed by atoms with Crippen LogP contribution >= 0.6 is 0 Å². The van der Waals surface area contributed by atoms with Gasteiger partial charge in [-0.05, 0) is 66.1 Å². The highest BCUT2D eigenvalue weighted by molar-refractivity contribution is 6.15. The van der Waals surface area contributed by atoms with Crippen molar-refractivity contribution in [3.63, 3.8) is 0 Å². The number of fused-ring (bicyclic) bond motifs is 3. The summed E-state index contributed by atoms with van der Waals surface area (Å²) in [5, 5.41) is 0. The molecule has 118 valence electrons. The van der Waals surface area contributed by atoms with Crippen molar-refractivity contribution in [3.05, 3.63) is 23.8 Å². The maximum Gasteiger partial charge on any atom is 0.169 e. The first-order valence-corrected chi connectivity index (χ1v) is 8.72. The van der Waals surface area contributed by atoms with Crippen LogP contribution in [0.1, 0.15) is 59.3 Å². The lowest BCUT2D eigenvalue weighted by Crippen LogP contribution is -2.53. The van der Waals surface area contributed by atoms with Crippen molar-refractivity contribution in [2.75, 3.05) is 0 Å². The normalized spacial score (nSPS) is 46.1. The van der Waals surface area contributed by atoms with E-state index in [4.69, 9.17) is 0 Å². The lowest BCUT2D eigenvalue weighted by Gasteiger charge is -2.59. The predicted octanol–water partition coefficient (Wildman–Crippen LogP) is 4.25. The maximum absolute atomic E-state index is 13.0. The fourth-order valence-electron chi connectivity index (χ4n) is 6.52. The molecule has 2 heteroatoms. The molecule has 2 bridgehead atoms. The van der Waals surface area contributed by atoms with E-state index in [0.29, 0.717) is 23.3 Å². The Morgan fingerprint density at radius 3 is 2.59 bits per heavy atom. The molecule has 0 saturated heterocycles. The SMILES string of the molecule is C=C1C(=O)C23CCC4C(C)(C)CCCC4(C)C2=CC(=O)C1C3. The van der Waals surface area contributed by atoms with Crippen molar-refractivity contribution in [2.24, 2.45) is 28.1 Å². The number of hydrogen-bond acceptors (Lipinski definition) is 2. The molecule has 4 atom stereocenters. The Hall–Kier alpha value is -1.18. The number of allylic oxidation sites excluding steroid dienone is 3. The Balaban J connectivity index is 1.90. The quantitative estimate of drug-likeness (QED) is 0.626. The molecular weight excluding hydrogens is 272 g/mol. The minimum Gasteiger partial charge on any atom is -0.294 e. The smallest absolute Gasteiger partial charge is 0.169 e. The zero-order valence-electron chi connectivity index (χ0n) is 14.0. The number of rotatable bonds is 0. The van der Waals surface area contributed by atoms with Gasteiger partial charge < -0.3 is 0 Å². The van der Waals surface area contributed by atoms with Crippen LogP contribution in [0.5, 0.6) is 0 Å². The van der Waals surface area contributed by atoms with Gasteiger partial charge in [0.15, 0.2) is 11.6 Å².